The molecule has 3 rings (SSSR count). The smallest absolute Gasteiger partial charge is 0.242 e. The molecule has 2 aliphatic rings. The number of amides is 1. The summed E-state index contributed by atoms with van der Waals surface area (Å²) in [7, 11) is -3.46. The molecule has 1 aromatic carbocycles. The summed E-state index contributed by atoms with van der Waals surface area (Å²) in [6.07, 6.45) is 3.62. The predicted molar refractivity (Wildman–Crippen MR) is 90.1 cm³/mol. The Hall–Kier alpha value is -1.40. The monoisotopic (exact) mass is 336 g/mol. The van der Waals surface area contributed by atoms with Crippen LogP contribution in [-0.4, -0.2) is 38.4 Å². The van der Waals surface area contributed by atoms with Gasteiger partial charge in [-0.15, -0.1) is 0 Å². The Bertz CT molecular complexity index is 721. The van der Waals surface area contributed by atoms with Crippen molar-refractivity contribution in [3.63, 3.8) is 0 Å². The van der Waals surface area contributed by atoms with Gasteiger partial charge >= 0.3 is 0 Å². The van der Waals surface area contributed by atoms with Crippen LogP contribution in [0.3, 0.4) is 0 Å². The zero-order chi connectivity index (χ0) is 16.7. The highest BCUT2D eigenvalue weighted by Crippen LogP contribution is 2.34. The lowest BCUT2D eigenvalue weighted by atomic mass is 9.95. The molecule has 2 N–H and O–H groups in total. The third-order valence-corrected chi connectivity index (χ3v) is 7.23. The molecule has 23 heavy (non-hydrogen) atoms. The van der Waals surface area contributed by atoms with E-state index in [-0.39, 0.29) is 11.9 Å². The summed E-state index contributed by atoms with van der Waals surface area (Å²) in [5, 5.41) is 6.16. The van der Waals surface area contributed by atoms with Crippen molar-refractivity contribution in [1.29, 1.82) is 0 Å². The summed E-state index contributed by atoms with van der Waals surface area (Å²) in [6, 6.07) is 6.17. The lowest BCUT2D eigenvalue weighted by molar-refractivity contribution is -0.125. The van der Waals surface area contributed by atoms with E-state index in [0.29, 0.717) is 25.9 Å². The molecule has 1 aromatic rings. The molecule has 0 bridgehead atoms. The van der Waals surface area contributed by atoms with E-state index in [9.17, 15) is 13.2 Å². The van der Waals surface area contributed by atoms with Gasteiger partial charge in [0.2, 0.25) is 5.91 Å². The van der Waals surface area contributed by atoms with Crippen LogP contribution < -0.4 is 10.6 Å². The number of aryl methyl sites for hydroxylation is 2. The molecule has 0 saturated carbocycles. The molecule has 5 nitrogen and oxygen atoms in total. The molecule has 1 aliphatic carbocycles. The highest BCUT2D eigenvalue weighted by Gasteiger charge is 2.49. The first-order valence-corrected chi connectivity index (χ1v) is 10.0. The molecular weight excluding hydrogens is 312 g/mol. The summed E-state index contributed by atoms with van der Waals surface area (Å²) in [5.74, 6) is -0.333. The van der Waals surface area contributed by atoms with Gasteiger partial charge in [0.15, 0.2) is 14.6 Å². The molecule has 1 saturated heterocycles. The van der Waals surface area contributed by atoms with E-state index in [4.69, 9.17) is 0 Å². The second-order valence-electron chi connectivity index (χ2n) is 6.78. The van der Waals surface area contributed by atoms with Gasteiger partial charge in [0.05, 0.1) is 6.04 Å². The zero-order valence-corrected chi connectivity index (χ0v) is 14.5. The van der Waals surface area contributed by atoms with E-state index in [2.05, 4.69) is 29.7 Å². The first-order valence-electron chi connectivity index (χ1n) is 8.14. The van der Waals surface area contributed by atoms with Crippen molar-refractivity contribution in [2.45, 2.75) is 43.4 Å². The number of carbonyl (C=O) groups is 1. The third kappa shape index (κ3) is 2.90. The topological polar surface area (TPSA) is 75.3 Å². The number of sulfone groups is 1. The Kier molecular flexibility index (Phi) is 4.23. The fraction of sp³-hybridized carbons (Fsp3) is 0.588. The van der Waals surface area contributed by atoms with Crippen LogP contribution in [0.4, 0.5) is 0 Å². The van der Waals surface area contributed by atoms with Crippen LogP contribution in [0, 0.1) is 6.92 Å². The van der Waals surface area contributed by atoms with Gasteiger partial charge in [-0.1, -0.05) is 23.8 Å². The molecule has 1 aliphatic heterocycles. The molecule has 1 fully saturated rings. The normalized spacial score (nSPS) is 23.3. The molecule has 0 aromatic heterocycles. The van der Waals surface area contributed by atoms with Gasteiger partial charge < -0.3 is 10.6 Å². The van der Waals surface area contributed by atoms with Gasteiger partial charge in [0, 0.05) is 6.26 Å². The molecule has 0 spiro atoms. The number of benzene rings is 1. The van der Waals surface area contributed by atoms with E-state index in [0.717, 1.165) is 18.4 Å². The molecule has 1 amide bonds. The number of carbonyl (C=O) groups excluding carboxylic acids is 1. The highest BCUT2D eigenvalue weighted by atomic mass is 32.2. The maximum absolute atomic E-state index is 12.9. The third-order valence-electron chi connectivity index (χ3n) is 5.22. The van der Waals surface area contributed by atoms with Gasteiger partial charge in [0.1, 0.15) is 0 Å². The highest BCUT2D eigenvalue weighted by molar-refractivity contribution is 7.92. The van der Waals surface area contributed by atoms with Crippen LogP contribution in [0.2, 0.25) is 0 Å². The maximum atomic E-state index is 12.9. The Labute approximate surface area is 137 Å². The van der Waals surface area contributed by atoms with Crippen molar-refractivity contribution in [2.75, 3.05) is 19.3 Å². The Balaban J connectivity index is 1.84. The lowest BCUT2D eigenvalue weighted by Gasteiger charge is -2.35. The molecular formula is C17H24N2O3S. The van der Waals surface area contributed by atoms with Gasteiger partial charge in [-0.25, -0.2) is 8.42 Å². The van der Waals surface area contributed by atoms with E-state index in [1.807, 2.05) is 6.07 Å². The Morgan fingerprint density at radius 1 is 1.30 bits per heavy atom. The molecule has 6 heteroatoms. The van der Waals surface area contributed by atoms with Gasteiger partial charge in [-0.3, -0.25) is 4.79 Å². The summed E-state index contributed by atoms with van der Waals surface area (Å²) in [4.78, 5) is 12.9. The van der Waals surface area contributed by atoms with Crippen molar-refractivity contribution in [3.8, 4) is 0 Å². The van der Waals surface area contributed by atoms with Crippen molar-refractivity contribution in [3.05, 3.63) is 34.9 Å². The number of nitrogens with one attached hydrogen (secondary N) is 2. The van der Waals surface area contributed by atoms with E-state index < -0.39 is 14.6 Å². The minimum atomic E-state index is -3.46. The Morgan fingerprint density at radius 3 is 2.65 bits per heavy atom. The average molecular weight is 336 g/mol. The maximum Gasteiger partial charge on any atom is 0.242 e. The SMILES string of the molecule is Cc1ccc2c(c1)CCC2NC(=O)C1(S(C)(=O)=O)CCNCC1. The standard InChI is InChI=1S/C17H24N2O3S/c1-12-3-5-14-13(11-12)4-6-15(14)19-16(20)17(23(2,21)22)7-9-18-10-8-17/h3,5,11,15,18H,4,6-10H2,1-2H3,(H,19,20). The molecule has 1 unspecified atom stereocenters. The van der Waals surface area contributed by atoms with Crippen LogP contribution in [0.5, 0.6) is 0 Å². The van der Waals surface area contributed by atoms with Gasteiger partial charge in [0.25, 0.3) is 0 Å². The van der Waals surface area contributed by atoms with Crippen molar-refractivity contribution >= 4 is 15.7 Å². The Morgan fingerprint density at radius 2 is 2.00 bits per heavy atom. The zero-order valence-electron chi connectivity index (χ0n) is 13.7. The lowest BCUT2D eigenvalue weighted by Crippen LogP contribution is -2.57. The van der Waals surface area contributed by atoms with Crippen LogP contribution in [0.1, 0.15) is 42.0 Å². The molecule has 1 atom stereocenters. The summed E-state index contributed by atoms with van der Waals surface area (Å²) in [6.45, 7) is 3.17. The largest absolute Gasteiger partial charge is 0.348 e. The molecule has 1 heterocycles. The van der Waals surface area contributed by atoms with Crippen LogP contribution >= 0.6 is 0 Å². The van der Waals surface area contributed by atoms with Gasteiger partial charge in [-0.05, 0) is 56.8 Å². The second-order valence-corrected chi connectivity index (χ2v) is 9.11. The first-order chi connectivity index (χ1) is 10.8. The van der Waals surface area contributed by atoms with Crippen LogP contribution in [-0.2, 0) is 21.1 Å². The van der Waals surface area contributed by atoms with E-state index >= 15 is 0 Å². The number of piperidine rings is 1. The summed E-state index contributed by atoms with van der Waals surface area (Å²) in [5.41, 5.74) is 3.59. The fourth-order valence-electron chi connectivity index (χ4n) is 3.78. The summed E-state index contributed by atoms with van der Waals surface area (Å²) >= 11 is 0. The quantitative estimate of drug-likeness (QED) is 0.871. The van der Waals surface area contributed by atoms with Crippen molar-refractivity contribution in [1.82, 2.24) is 10.6 Å². The average Bonchev–Trinajstić information content (AvgIpc) is 2.89. The first kappa shape index (κ1) is 16.5. The van der Waals surface area contributed by atoms with E-state index in [1.165, 1.54) is 17.4 Å². The van der Waals surface area contributed by atoms with Crippen molar-refractivity contribution < 1.29 is 13.2 Å². The van der Waals surface area contributed by atoms with Crippen LogP contribution in [0.15, 0.2) is 18.2 Å². The number of hydrogen-bond donors (Lipinski definition) is 2. The predicted octanol–water partition coefficient (Wildman–Crippen LogP) is 1.27. The number of fused-ring (bicyclic) bond motifs is 1. The minimum Gasteiger partial charge on any atom is -0.348 e. The number of rotatable bonds is 3. The fourth-order valence-corrected chi connectivity index (χ4v) is 5.12. The number of hydrogen-bond acceptors (Lipinski definition) is 4. The molecule has 0 radical (unpaired) electrons. The van der Waals surface area contributed by atoms with Gasteiger partial charge in [-0.2, -0.15) is 0 Å². The summed E-state index contributed by atoms with van der Waals surface area (Å²) < 4.78 is 23.4. The minimum absolute atomic E-state index is 0.0772. The van der Waals surface area contributed by atoms with Crippen LogP contribution in [0.25, 0.3) is 0 Å². The second kappa shape index (κ2) is 5.91. The molecule has 126 valence electrons. The van der Waals surface area contributed by atoms with Crippen molar-refractivity contribution in [2.24, 2.45) is 0 Å². The van der Waals surface area contributed by atoms with E-state index in [1.54, 1.807) is 0 Å².